The number of carbonyl (C=O) groups is 1. The summed E-state index contributed by atoms with van der Waals surface area (Å²) in [6.07, 6.45) is -1.11. The molecule has 4 nitrogen and oxygen atoms in total. The first-order chi connectivity index (χ1) is 6.16. The molecule has 2 N–H and O–H groups in total. The van der Waals surface area contributed by atoms with Gasteiger partial charge in [0.15, 0.2) is 6.10 Å². The second-order valence-electron chi connectivity index (χ2n) is 2.51. The number of aliphatic carboxylic acids is 1. The summed E-state index contributed by atoms with van der Waals surface area (Å²) < 4.78 is 4.72. The zero-order valence-corrected chi connectivity index (χ0v) is 7.10. The van der Waals surface area contributed by atoms with Gasteiger partial charge < -0.3 is 14.9 Å². The minimum absolute atomic E-state index is 0.0725. The van der Waals surface area contributed by atoms with Gasteiger partial charge in [0.1, 0.15) is 5.75 Å². The molecule has 0 aromatic heterocycles. The van der Waals surface area contributed by atoms with Crippen LogP contribution in [0.2, 0.25) is 0 Å². The van der Waals surface area contributed by atoms with Crippen LogP contribution in [0.1, 0.15) is 11.7 Å². The molecule has 1 atom stereocenters. The maximum atomic E-state index is 10.6. The Morgan fingerprint density at radius 2 is 2.08 bits per heavy atom. The number of phenolic OH excluding ortho intramolecular Hbond substituents is 1. The molecule has 4 heteroatoms. The fraction of sp³-hybridized carbons (Fsp3) is 0.222. The summed E-state index contributed by atoms with van der Waals surface area (Å²) >= 11 is 0. The molecular formula is C9H10O4. The number of aromatic hydroxyl groups is 1. The fourth-order valence-corrected chi connectivity index (χ4v) is 1.07. The highest BCUT2D eigenvalue weighted by Crippen LogP contribution is 2.25. The Kier molecular flexibility index (Phi) is 2.87. The molecule has 13 heavy (non-hydrogen) atoms. The van der Waals surface area contributed by atoms with Crippen molar-refractivity contribution >= 4 is 5.97 Å². The quantitative estimate of drug-likeness (QED) is 0.736. The number of rotatable bonds is 3. The van der Waals surface area contributed by atoms with Gasteiger partial charge in [0.05, 0.1) is 0 Å². The minimum Gasteiger partial charge on any atom is -0.508 e. The van der Waals surface area contributed by atoms with Crippen molar-refractivity contribution in [1.29, 1.82) is 0 Å². The topological polar surface area (TPSA) is 66.8 Å². The van der Waals surface area contributed by atoms with Crippen LogP contribution in [0.5, 0.6) is 5.75 Å². The smallest absolute Gasteiger partial charge is 0.337 e. The van der Waals surface area contributed by atoms with E-state index in [0.29, 0.717) is 0 Å². The average Bonchev–Trinajstić information content (AvgIpc) is 2.09. The molecule has 0 aliphatic rings. The van der Waals surface area contributed by atoms with Crippen LogP contribution in [-0.4, -0.2) is 23.3 Å². The highest BCUT2D eigenvalue weighted by Gasteiger charge is 2.21. The van der Waals surface area contributed by atoms with Gasteiger partial charge in [0.2, 0.25) is 0 Å². The van der Waals surface area contributed by atoms with Gasteiger partial charge in [-0.3, -0.25) is 0 Å². The minimum atomic E-state index is -1.12. The van der Waals surface area contributed by atoms with Crippen LogP contribution >= 0.6 is 0 Å². The molecule has 0 amide bonds. The van der Waals surface area contributed by atoms with Crippen LogP contribution in [0, 0.1) is 0 Å². The van der Waals surface area contributed by atoms with Crippen molar-refractivity contribution in [3.05, 3.63) is 29.8 Å². The number of para-hydroxylation sites is 1. The molecule has 0 heterocycles. The summed E-state index contributed by atoms with van der Waals surface area (Å²) in [5.41, 5.74) is 0.262. The van der Waals surface area contributed by atoms with E-state index in [4.69, 9.17) is 9.84 Å². The molecular weight excluding hydrogens is 172 g/mol. The predicted molar refractivity (Wildman–Crippen MR) is 45.5 cm³/mol. The third-order valence-corrected chi connectivity index (χ3v) is 1.68. The molecule has 1 aromatic carbocycles. The molecule has 70 valence electrons. The van der Waals surface area contributed by atoms with E-state index < -0.39 is 12.1 Å². The summed E-state index contributed by atoms with van der Waals surface area (Å²) in [6, 6.07) is 6.19. The van der Waals surface area contributed by atoms with Gasteiger partial charge >= 0.3 is 5.97 Å². The zero-order chi connectivity index (χ0) is 9.84. The van der Waals surface area contributed by atoms with E-state index >= 15 is 0 Å². The van der Waals surface area contributed by atoms with Crippen molar-refractivity contribution in [1.82, 2.24) is 0 Å². The molecule has 0 aliphatic carbocycles. The Bertz CT molecular complexity index is 308. The lowest BCUT2D eigenvalue weighted by atomic mass is 10.1. The highest BCUT2D eigenvalue weighted by molar-refractivity contribution is 5.75. The number of hydrogen-bond donors (Lipinski definition) is 2. The van der Waals surface area contributed by atoms with Gasteiger partial charge in [-0.15, -0.1) is 0 Å². The number of carboxylic acids is 1. The number of methoxy groups -OCH3 is 1. The van der Waals surface area contributed by atoms with E-state index in [-0.39, 0.29) is 11.3 Å². The normalized spacial score (nSPS) is 12.4. The monoisotopic (exact) mass is 182 g/mol. The lowest BCUT2D eigenvalue weighted by Crippen LogP contribution is -2.13. The number of phenols is 1. The molecule has 0 aliphatic heterocycles. The first-order valence-corrected chi connectivity index (χ1v) is 3.70. The number of carboxylic acid groups (broad SMARTS) is 1. The van der Waals surface area contributed by atoms with Gasteiger partial charge in [-0.05, 0) is 6.07 Å². The van der Waals surface area contributed by atoms with Gasteiger partial charge in [-0.25, -0.2) is 4.79 Å². The van der Waals surface area contributed by atoms with Crippen LogP contribution in [0.25, 0.3) is 0 Å². The van der Waals surface area contributed by atoms with Crippen LogP contribution in [-0.2, 0) is 9.53 Å². The van der Waals surface area contributed by atoms with E-state index in [0.717, 1.165) is 0 Å². The molecule has 0 unspecified atom stereocenters. The Labute approximate surface area is 75.4 Å². The van der Waals surface area contributed by atoms with E-state index in [9.17, 15) is 9.90 Å². The third-order valence-electron chi connectivity index (χ3n) is 1.68. The molecule has 0 bridgehead atoms. The fourth-order valence-electron chi connectivity index (χ4n) is 1.07. The Hall–Kier alpha value is -1.55. The van der Waals surface area contributed by atoms with Crippen molar-refractivity contribution in [2.75, 3.05) is 7.11 Å². The van der Waals surface area contributed by atoms with E-state index in [1.165, 1.54) is 19.2 Å². The Balaban J connectivity index is 3.04. The van der Waals surface area contributed by atoms with Crippen LogP contribution in [0.4, 0.5) is 0 Å². The maximum Gasteiger partial charge on any atom is 0.337 e. The summed E-state index contributed by atoms with van der Waals surface area (Å²) in [5.74, 6) is -1.19. The lowest BCUT2D eigenvalue weighted by molar-refractivity contribution is -0.149. The van der Waals surface area contributed by atoms with Crippen molar-refractivity contribution in [2.24, 2.45) is 0 Å². The summed E-state index contributed by atoms with van der Waals surface area (Å²) in [7, 11) is 1.28. The van der Waals surface area contributed by atoms with Crippen molar-refractivity contribution in [3.8, 4) is 5.75 Å². The Morgan fingerprint density at radius 1 is 1.46 bits per heavy atom. The van der Waals surface area contributed by atoms with Crippen molar-refractivity contribution < 1.29 is 19.7 Å². The van der Waals surface area contributed by atoms with Gasteiger partial charge in [0, 0.05) is 12.7 Å². The van der Waals surface area contributed by atoms with Crippen molar-refractivity contribution in [3.63, 3.8) is 0 Å². The van der Waals surface area contributed by atoms with Crippen LogP contribution in [0.3, 0.4) is 0 Å². The molecule has 0 saturated carbocycles. The average molecular weight is 182 g/mol. The van der Waals surface area contributed by atoms with Crippen LogP contribution in [0.15, 0.2) is 24.3 Å². The largest absolute Gasteiger partial charge is 0.508 e. The van der Waals surface area contributed by atoms with Gasteiger partial charge in [-0.2, -0.15) is 0 Å². The lowest BCUT2D eigenvalue weighted by Gasteiger charge is -2.11. The second-order valence-corrected chi connectivity index (χ2v) is 2.51. The van der Waals surface area contributed by atoms with E-state index in [1.807, 2.05) is 0 Å². The third kappa shape index (κ3) is 1.97. The van der Waals surface area contributed by atoms with Gasteiger partial charge in [-0.1, -0.05) is 18.2 Å². The van der Waals surface area contributed by atoms with Crippen molar-refractivity contribution in [2.45, 2.75) is 6.10 Å². The summed E-state index contributed by atoms with van der Waals surface area (Å²) in [5, 5.41) is 18.0. The SMILES string of the molecule is CO[C@H](C(=O)O)c1ccccc1O. The molecule has 0 radical (unpaired) electrons. The Morgan fingerprint density at radius 3 is 2.54 bits per heavy atom. The number of benzene rings is 1. The molecule has 0 spiro atoms. The maximum absolute atomic E-state index is 10.6. The van der Waals surface area contributed by atoms with E-state index in [1.54, 1.807) is 12.1 Å². The molecule has 1 aromatic rings. The zero-order valence-electron chi connectivity index (χ0n) is 7.10. The highest BCUT2D eigenvalue weighted by atomic mass is 16.5. The molecule has 0 fully saturated rings. The number of ether oxygens (including phenoxy) is 1. The number of hydrogen-bond acceptors (Lipinski definition) is 3. The summed E-state index contributed by atoms with van der Waals surface area (Å²) in [6.45, 7) is 0. The first-order valence-electron chi connectivity index (χ1n) is 3.70. The van der Waals surface area contributed by atoms with E-state index in [2.05, 4.69) is 0 Å². The molecule has 1 rings (SSSR count). The predicted octanol–water partition coefficient (Wildman–Crippen LogP) is 1.16. The van der Waals surface area contributed by atoms with Gasteiger partial charge in [0.25, 0.3) is 0 Å². The standard InChI is InChI=1S/C9H10O4/c1-13-8(9(11)12)6-4-2-3-5-7(6)10/h2-5,8,10H,1H3,(H,11,12)/t8-/m0/s1. The second kappa shape index (κ2) is 3.91. The van der Waals surface area contributed by atoms with Crippen LogP contribution < -0.4 is 0 Å². The first kappa shape index (κ1) is 9.54. The molecule has 0 saturated heterocycles. The summed E-state index contributed by atoms with van der Waals surface area (Å²) in [4.78, 5) is 10.6.